The topological polar surface area (TPSA) is 76.1 Å². The quantitative estimate of drug-likeness (QED) is 0.783. The van der Waals surface area contributed by atoms with Crippen LogP contribution in [-0.2, 0) is 13.1 Å². The van der Waals surface area contributed by atoms with Crippen molar-refractivity contribution in [2.75, 3.05) is 11.9 Å². The molecule has 0 aliphatic carbocycles. The zero-order valence-corrected chi connectivity index (χ0v) is 10.6. The van der Waals surface area contributed by atoms with E-state index in [1.54, 1.807) is 12.5 Å². The smallest absolute Gasteiger partial charge is 0.315 e. The van der Waals surface area contributed by atoms with Gasteiger partial charge >= 0.3 is 6.01 Å². The van der Waals surface area contributed by atoms with Gasteiger partial charge in [0.2, 0.25) is 5.89 Å². The Bertz CT molecular complexity index is 450. The standard InChI is InChI=1S/C12H18N4O2/c1-9(2)5-13-7-11-15-16-12(18-11)14-6-10-3-4-17-8-10/h3-4,8-9,13H,5-7H2,1-2H3,(H,14,16). The SMILES string of the molecule is CC(C)CNCc1nnc(NCc2ccoc2)o1. The number of nitrogens with one attached hydrogen (secondary N) is 2. The second-order valence-electron chi connectivity index (χ2n) is 4.51. The predicted molar refractivity (Wildman–Crippen MR) is 66.9 cm³/mol. The average Bonchev–Trinajstić information content (AvgIpc) is 2.96. The molecular formula is C12H18N4O2. The van der Waals surface area contributed by atoms with Gasteiger partial charge in [0.1, 0.15) is 0 Å². The molecule has 0 spiro atoms. The number of hydrogen-bond acceptors (Lipinski definition) is 6. The minimum Gasteiger partial charge on any atom is -0.472 e. The molecule has 0 aromatic carbocycles. The molecule has 0 radical (unpaired) electrons. The summed E-state index contributed by atoms with van der Waals surface area (Å²) in [6.07, 6.45) is 3.31. The van der Waals surface area contributed by atoms with Gasteiger partial charge in [0, 0.05) is 12.1 Å². The fourth-order valence-corrected chi connectivity index (χ4v) is 1.44. The fourth-order valence-electron chi connectivity index (χ4n) is 1.44. The van der Waals surface area contributed by atoms with Crippen LogP contribution in [0.3, 0.4) is 0 Å². The highest BCUT2D eigenvalue weighted by molar-refractivity contribution is 5.20. The fraction of sp³-hybridized carbons (Fsp3) is 0.500. The van der Waals surface area contributed by atoms with Crippen molar-refractivity contribution >= 4 is 6.01 Å². The zero-order valence-electron chi connectivity index (χ0n) is 10.6. The maximum absolute atomic E-state index is 5.44. The van der Waals surface area contributed by atoms with E-state index in [0.29, 0.717) is 30.9 Å². The minimum atomic E-state index is 0.428. The second kappa shape index (κ2) is 6.20. The van der Waals surface area contributed by atoms with Gasteiger partial charge in [-0.3, -0.25) is 0 Å². The lowest BCUT2D eigenvalue weighted by molar-refractivity contribution is 0.458. The predicted octanol–water partition coefficient (Wildman–Crippen LogP) is 2.02. The van der Waals surface area contributed by atoms with Gasteiger partial charge in [-0.15, -0.1) is 5.10 Å². The highest BCUT2D eigenvalue weighted by Crippen LogP contribution is 2.08. The van der Waals surface area contributed by atoms with Gasteiger partial charge in [0.15, 0.2) is 0 Å². The van der Waals surface area contributed by atoms with Crippen molar-refractivity contribution in [2.45, 2.75) is 26.9 Å². The van der Waals surface area contributed by atoms with Crippen molar-refractivity contribution in [1.29, 1.82) is 0 Å². The number of furan rings is 1. The number of nitrogens with zero attached hydrogens (tertiary/aromatic N) is 2. The van der Waals surface area contributed by atoms with Crippen LogP contribution >= 0.6 is 0 Å². The zero-order chi connectivity index (χ0) is 12.8. The Morgan fingerprint density at radius 1 is 1.28 bits per heavy atom. The first kappa shape index (κ1) is 12.6. The minimum absolute atomic E-state index is 0.428. The van der Waals surface area contributed by atoms with E-state index in [9.17, 15) is 0 Å². The van der Waals surface area contributed by atoms with Gasteiger partial charge < -0.3 is 19.5 Å². The van der Waals surface area contributed by atoms with Crippen molar-refractivity contribution in [3.05, 3.63) is 30.0 Å². The summed E-state index contributed by atoms with van der Waals surface area (Å²) >= 11 is 0. The molecular weight excluding hydrogens is 232 g/mol. The van der Waals surface area contributed by atoms with Crippen molar-refractivity contribution < 1.29 is 8.83 Å². The monoisotopic (exact) mass is 250 g/mol. The maximum Gasteiger partial charge on any atom is 0.315 e. The van der Waals surface area contributed by atoms with Gasteiger partial charge in [0.25, 0.3) is 0 Å². The van der Waals surface area contributed by atoms with Crippen LogP contribution < -0.4 is 10.6 Å². The van der Waals surface area contributed by atoms with E-state index in [0.717, 1.165) is 12.1 Å². The molecule has 0 fully saturated rings. The van der Waals surface area contributed by atoms with Crippen LogP contribution in [0.5, 0.6) is 0 Å². The number of aromatic nitrogens is 2. The Hall–Kier alpha value is -1.82. The Balaban J connectivity index is 1.75. The van der Waals surface area contributed by atoms with E-state index < -0.39 is 0 Å². The average molecular weight is 250 g/mol. The van der Waals surface area contributed by atoms with E-state index in [-0.39, 0.29) is 0 Å². The van der Waals surface area contributed by atoms with Crippen LogP contribution in [0, 0.1) is 5.92 Å². The van der Waals surface area contributed by atoms with Gasteiger partial charge in [-0.1, -0.05) is 18.9 Å². The molecule has 0 bridgehead atoms. The molecule has 0 aliphatic rings. The highest BCUT2D eigenvalue weighted by Gasteiger charge is 2.05. The van der Waals surface area contributed by atoms with E-state index in [1.165, 1.54) is 0 Å². The molecule has 2 aromatic heterocycles. The molecule has 2 rings (SSSR count). The Morgan fingerprint density at radius 2 is 2.17 bits per heavy atom. The summed E-state index contributed by atoms with van der Waals surface area (Å²) in [6.45, 7) is 6.44. The Labute approximate surface area is 106 Å². The number of rotatable bonds is 7. The summed E-state index contributed by atoms with van der Waals surface area (Å²) in [6, 6.07) is 2.31. The number of hydrogen-bond donors (Lipinski definition) is 2. The molecule has 0 saturated heterocycles. The van der Waals surface area contributed by atoms with E-state index in [4.69, 9.17) is 8.83 Å². The molecule has 98 valence electrons. The molecule has 0 unspecified atom stereocenters. The van der Waals surface area contributed by atoms with Crippen LogP contribution in [0.4, 0.5) is 6.01 Å². The van der Waals surface area contributed by atoms with Crippen LogP contribution in [0.25, 0.3) is 0 Å². The first-order valence-electron chi connectivity index (χ1n) is 6.02. The summed E-state index contributed by atoms with van der Waals surface area (Å²) in [7, 11) is 0. The van der Waals surface area contributed by atoms with Crippen molar-refractivity contribution in [3.8, 4) is 0 Å². The van der Waals surface area contributed by atoms with Crippen molar-refractivity contribution in [2.24, 2.45) is 5.92 Å². The molecule has 0 atom stereocenters. The molecule has 6 nitrogen and oxygen atoms in total. The Morgan fingerprint density at radius 3 is 2.89 bits per heavy atom. The molecule has 0 amide bonds. The van der Waals surface area contributed by atoms with Gasteiger partial charge in [0.05, 0.1) is 19.1 Å². The van der Waals surface area contributed by atoms with E-state index in [2.05, 4.69) is 34.7 Å². The van der Waals surface area contributed by atoms with Crippen LogP contribution in [0.2, 0.25) is 0 Å². The lowest BCUT2D eigenvalue weighted by atomic mass is 10.2. The van der Waals surface area contributed by atoms with Gasteiger partial charge in [-0.25, -0.2) is 0 Å². The molecule has 2 aromatic rings. The molecule has 6 heteroatoms. The lowest BCUT2D eigenvalue weighted by Crippen LogP contribution is -2.19. The van der Waals surface area contributed by atoms with Gasteiger partial charge in [-0.05, 0) is 18.5 Å². The first-order chi connectivity index (χ1) is 8.74. The van der Waals surface area contributed by atoms with Crippen LogP contribution in [0.15, 0.2) is 27.4 Å². The van der Waals surface area contributed by atoms with E-state index >= 15 is 0 Å². The largest absolute Gasteiger partial charge is 0.472 e. The molecule has 2 N–H and O–H groups in total. The van der Waals surface area contributed by atoms with Crippen LogP contribution in [0.1, 0.15) is 25.3 Å². The summed E-state index contributed by atoms with van der Waals surface area (Å²) in [5.41, 5.74) is 1.03. The molecule has 0 saturated carbocycles. The first-order valence-corrected chi connectivity index (χ1v) is 6.02. The van der Waals surface area contributed by atoms with Crippen molar-refractivity contribution in [1.82, 2.24) is 15.5 Å². The molecule has 2 heterocycles. The van der Waals surface area contributed by atoms with Crippen molar-refractivity contribution in [3.63, 3.8) is 0 Å². The van der Waals surface area contributed by atoms with E-state index in [1.807, 2.05) is 6.07 Å². The lowest BCUT2D eigenvalue weighted by Gasteiger charge is -2.03. The normalized spacial score (nSPS) is 11.1. The van der Waals surface area contributed by atoms with Crippen LogP contribution in [-0.4, -0.2) is 16.7 Å². The third-order valence-corrected chi connectivity index (χ3v) is 2.32. The highest BCUT2D eigenvalue weighted by atomic mass is 16.4. The summed E-state index contributed by atoms with van der Waals surface area (Å²) in [4.78, 5) is 0. The summed E-state index contributed by atoms with van der Waals surface area (Å²) in [5.74, 6) is 1.19. The Kier molecular flexibility index (Phi) is 4.35. The van der Waals surface area contributed by atoms with Gasteiger partial charge in [-0.2, -0.15) is 0 Å². The summed E-state index contributed by atoms with van der Waals surface area (Å²) < 4.78 is 10.4. The summed E-state index contributed by atoms with van der Waals surface area (Å²) in [5, 5.41) is 14.1. The molecule has 0 aliphatic heterocycles. The maximum atomic E-state index is 5.44. The number of anilines is 1. The third-order valence-electron chi connectivity index (χ3n) is 2.32. The third kappa shape index (κ3) is 3.89. The molecule has 18 heavy (non-hydrogen) atoms. The second-order valence-corrected chi connectivity index (χ2v) is 4.51.